The normalized spacial score (nSPS) is 32.4. The van der Waals surface area contributed by atoms with Crippen molar-refractivity contribution in [2.75, 3.05) is 0 Å². The lowest BCUT2D eigenvalue weighted by molar-refractivity contribution is -0.163. The highest BCUT2D eigenvalue weighted by Gasteiger charge is 2.51. The number of carbonyl (C=O) groups is 2. The SMILES string of the molecule is CC[C@H](Oc1ccccc1)C(=O)O[C@@H](C)C(=O)NC12CC3CC(CC(C3)C1)C2. The van der Waals surface area contributed by atoms with Crippen molar-refractivity contribution in [3.05, 3.63) is 30.3 Å². The zero-order chi connectivity index (χ0) is 19.7. The van der Waals surface area contributed by atoms with Gasteiger partial charge >= 0.3 is 5.97 Å². The Morgan fingerprint density at radius 2 is 1.64 bits per heavy atom. The highest BCUT2D eigenvalue weighted by molar-refractivity contribution is 5.85. The molecule has 28 heavy (non-hydrogen) atoms. The van der Waals surface area contributed by atoms with Crippen molar-refractivity contribution >= 4 is 11.9 Å². The van der Waals surface area contributed by atoms with Gasteiger partial charge in [-0.3, -0.25) is 4.79 Å². The number of esters is 1. The quantitative estimate of drug-likeness (QED) is 0.724. The summed E-state index contributed by atoms with van der Waals surface area (Å²) in [5.74, 6) is 2.23. The van der Waals surface area contributed by atoms with E-state index < -0.39 is 18.2 Å². The Kier molecular flexibility index (Phi) is 5.35. The second kappa shape index (κ2) is 7.76. The number of carbonyl (C=O) groups excluding carboxylic acids is 2. The third-order valence-electron chi connectivity index (χ3n) is 6.74. The van der Waals surface area contributed by atoms with Crippen molar-refractivity contribution in [2.45, 2.75) is 76.5 Å². The first-order valence-corrected chi connectivity index (χ1v) is 10.7. The number of hydrogen-bond donors (Lipinski definition) is 1. The van der Waals surface area contributed by atoms with Crippen LogP contribution < -0.4 is 10.1 Å². The van der Waals surface area contributed by atoms with Gasteiger partial charge in [0.15, 0.2) is 12.2 Å². The molecule has 1 aromatic rings. The highest BCUT2D eigenvalue weighted by atomic mass is 16.6. The maximum Gasteiger partial charge on any atom is 0.348 e. The Bertz CT molecular complexity index is 681. The summed E-state index contributed by atoms with van der Waals surface area (Å²) in [6, 6.07) is 9.21. The predicted octanol–water partition coefficient (Wildman–Crippen LogP) is 3.86. The van der Waals surface area contributed by atoms with E-state index in [4.69, 9.17) is 9.47 Å². The van der Waals surface area contributed by atoms with E-state index in [2.05, 4.69) is 5.32 Å². The molecule has 4 fully saturated rings. The summed E-state index contributed by atoms with van der Waals surface area (Å²) in [6.45, 7) is 3.53. The largest absolute Gasteiger partial charge is 0.479 e. The summed E-state index contributed by atoms with van der Waals surface area (Å²) < 4.78 is 11.2. The van der Waals surface area contributed by atoms with Crippen LogP contribution in [0.2, 0.25) is 0 Å². The minimum Gasteiger partial charge on any atom is -0.479 e. The molecule has 5 nitrogen and oxygen atoms in total. The predicted molar refractivity (Wildman–Crippen MR) is 106 cm³/mol. The lowest BCUT2D eigenvalue weighted by atomic mass is 9.53. The number of para-hydroxylation sites is 1. The van der Waals surface area contributed by atoms with E-state index in [1.165, 1.54) is 19.3 Å². The van der Waals surface area contributed by atoms with E-state index >= 15 is 0 Å². The van der Waals surface area contributed by atoms with Crippen molar-refractivity contribution in [3.8, 4) is 5.75 Å². The topological polar surface area (TPSA) is 64.6 Å². The molecule has 0 saturated heterocycles. The molecule has 0 spiro atoms. The van der Waals surface area contributed by atoms with Crippen LogP contribution in [0.15, 0.2) is 30.3 Å². The molecule has 4 bridgehead atoms. The number of nitrogens with one attached hydrogen (secondary N) is 1. The summed E-state index contributed by atoms with van der Waals surface area (Å²) in [6.07, 6.45) is 6.20. The van der Waals surface area contributed by atoms with Crippen molar-refractivity contribution in [1.29, 1.82) is 0 Å². The Morgan fingerprint density at radius 1 is 1.07 bits per heavy atom. The Morgan fingerprint density at radius 3 is 2.18 bits per heavy atom. The first kappa shape index (κ1) is 19.3. The van der Waals surface area contributed by atoms with Gasteiger partial charge in [-0.1, -0.05) is 25.1 Å². The number of benzene rings is 1. The van der Waals surface area contributed by atoms with Gasteiger partial charge in [-0.05, 0) is 81.8 Å². The van der Waals surface area contributed by atoms with Gasteiger partial charge in [-0.2, -0.15) is 0 Å². The Hall–Kier alpha value is -2.04. The summed E-state index contributed by atoms with van der Waals surface area (Å²) in [5.41, 5.74) is -0.0722. The molecule has 2 atom stereocenters. The standard InChI is InChI=1S/C23H31NO4/c1-3-20(28-19-7-5-4-6-8-19)22(26)27-15(2)21(25)24-23-12-16-9-17(13-23)11-18(10-16)14-23/h4-8,15-18,20H,3,9-14H2,1-2H3,(H,24,25)/t15-,16?,17?,18?,20-,23?/m0/s1. The highest BCUT2D eigenvalue weighted by Crippen LogP contribution is 2.55. The monoisotopic (exact) mass is 385 g/mol. The molecule has 0 radical (unpaired) electrons. The van der Waals surface area contributed by atoms with Crippen LogP contribution in [0.5, 0.6) is 5.75 Å². The summed E-state index contributed by atoms with van der Waals surface area (Å²) in [5, 5.41) is 3.28. The van der Waals surface area contributed by atoms with Crippen molar-refractivity contribution in [3.63, 3.8) is 0 Å². The number of hydrogen-bond acceptors (Lipinski definition) is 4. The van der Waals surface area contributed by atoms with Gasteiger partial charge < -0.3 is 14.8 Å². The zero-order valence-electron chi connectivity index (χ0n) is 16.9. The van der Waals surface area contributed by atoms with Gasteiger partial charge in [-0.25, -0.2) is 4.79 Å². The van der Waals surface area contributed by atoms with E-state index in [9.17, 15) is 9.59 Å². The van der Waals surface area contributed by atoms with Crippen LogP contribution in [0.3, 0.4) is 0 Å². The maximum absolute atomic E-state index is 12.8. The Balaban J connectivity index is 1.33. The lowest BCUT2D eigenvalue weighted by Crippen LogP contribution is -2.61. The van der Waals surface area contributed by atoms with Crippen LogP contribution in [-0.2, 0) is 14.3 Å². The van der Waals surface area contributed by atoms with E-state index in [0.717, 1.165) is 37.0 Å². The molecule has 4 aliphatic rings. The molecule has 4 saturated carbocycles. The van der Waals surface area contributed by atoms with Gasteiger partial charge in [0.2, 0.25) is 0 Å². The first-order valence-electron chi connectivity index (χ1n) is 10.7. The minimum atomic E-state index is -0.811. The van der Waals surface area contributed by atoms with Gasteiger partial charge in [0, 0.05) is 5.54 Å². The van der Waals surface area contributed by atoms with Crippen LogP contribution in [-0.4, -0.2) is 29.6 Å². The van der Waals surface area contributed by atoms with E-state index in [0.29, 0.717) is 12.2 Å². The molecule has 152 valence electrons. The molecule has 1 N–H and O–H groups in total. The van der Waals surface area contributed by atoms with Crippen molar-refractivity contribution < 1.29 is 19.1 Å². The molecule has 0 unspecified atom stereocenters. The van der Waals surface area contributed by atoms with Gasteiger partial charge in [0.05, 0.1) is 0 Å². The average molecular weight is 386 g/mol. The smallest absolute Gasteiger partial charge is 0.348 e. The fraction of sp³-hybridized carbons (Fsp3) is 0.652. The fourth-order valence-corrected chi connectivity index (χ4v) is 5.89. The van der Waals surface area contributed by atoms with E-state index in [1.807, 2.05) is 25.1 Å². The molecule has 4 aliphatic carbocycles. The van der Waals surface area contributed by atoms with Crippen LogP contribution >= 0.6 is 0 Å². The number of rotatable bonds is 7. The molecule has 1 aromatic carbocycles. The zero-order valence-corrected chi connectivity index (χ0v) is 16.9. The van der Waals surface area contributed by atoms with Crippen LogP contribution in [0, 0.1) is 17.8 Å². The molecule has 1 amide bonds. The first-order chi connectivity index (χ1) is 13.5. The lowest BCUT2D eigenvalue weighted by Gasteiger charge is -2.57. The molecule has 0 aliphatic heterocycles. The molecular formula is C23H31NO4. The second-order valence-electron chi connectivity index (χ2n) is 9.09. The molecule has 5 rings (SSSR count). The third kappa shape index (κ3) is 4.03. The molecule has 0 heterocycles. The Labute approximate surface area is 167 Å². The van der Waals surface area contributed by atoms with Gasteiger partial charge in [0.1, 0.15) is 5.75 Å². The van der Waals surface area contributed by atoms with Gasteiger partial charge in [-0.15, -0.1) is 0 Å². The maximum atomic E-state index is 12.8. The van der Waals surface area contributed by atoms with Crippen molar-refractivity contribution in [2.24, 2.45) is 17.8 Å². The van der Waals surface area contributed by atoms with E-state index in [1.54, 1.807) is 19.1 Å². The third-order valence-corrected chi connectivity index (χ3v) is 6.74. The minimum absolute atomic E-state index is 0.0722. The second-order valence-corrected chi connectivity index (χ2v) is 9.09. The van der Waals surface area contributed by atoms with Gasteiger partial charge in [0.25, 0.3) is 5.91 Å². The van der Waals surface area contributed by atoms with Crippen LogP contribution in [0.25, 0.3) is 0 Å². The van der Waals surface area contributed by atoms with Crippen LogP contribution in [0.1, 0.15) is 58.8 Å². The summed E-state index contributed by atoms with van der Waals surface area (Å²) in [7, 11) is 0. The summed E-state index contributed by atoms with van der Waals surface area (Å²) >= 11 is 0. The fourth-order valence-electron chi connectivity index (χ4n) is 5.89. The summed E-state index contributed by atoms with van der Waals surface area (Å²) in [4.78, 5) is 25.3. The van der Waals surface area contributed by atoms with Crippen molar-refractivity contribution in [1.82, 2.24) is 5.32 Å². The molecule has 0 aromatic heterocycles. The molecule has 5 heteroatoms. The molecular weight excluding hydrogens is 354 g/mol. The van der Waals surface area contributed by atoms with E-state index in [-0.39, 0.29) is 11.4 Å². The van der Waals surface area contributed by atoms with Crippen LogP contribution in [0.4, 0.5) is 0 Å². The number of ether oxygens (including phenoxy) is 2. The number of amides is 1. The average Bonchev–Trinajstić information content (AvgIpc) is 2.65.